The van der Waals surface area contributed by atoms with Crippen LogP contribution in [0.25, 0.3) is 0 Å². The topological polar surface area (TPSA) is 75.7 Å². The molecule has 2 amide bonds. The Labute approximate surface area is 175 Å². The minimum Gasteiger partial charge on any atom is -0.444 e. The number of benzene rings is 1. The van der Waals surface area contributed by atoms with Gasteiger partial charge in [-0.2, -0.15) is 0 Å². The highest BCUT2D eigenvalue weighted by Gasteiger charge is 2.35. The van der Waals surface area contributed by atoms with Gasteiger partial charge in [-0.3, -0.25) is 9.59 Å². The van der Waals surface area contributed by atoms with Gasteiger partial charge >= 0.3 is 6.09 Å². The van der Waals surface area contributed by atoms with Crippen molar-refractivity contribution in [1.29, 1.82) is 0 Å². The Morgan fingerprint density at radius 1 is 1.00 bits per heavy atom. The molecule has 0 unspecified atom stereocenters. The molecule has 2 atom stereocenters. The van der Waals surface area contributed by atoms with E-state index in [1.165, 1.54) is 4.90 Å². The van der Waals surface area contributed by atoms with Gasteiger partial charge in [-0.25, -0.2) is 4.79 Å². The average Bonchev–Trinajstić information content (AvgIpc) is 2.58. The van der Waals surface area contributed by atoms with E-state index < -0.39 is 23.7 Å². The molecule has 1 N–H and O–H groups in total. The number of Topliss-reactive ketones (excluding diaryl/α,β-unsaturated/α-hetero) is 1. The van der Waals surface area contributed by atoms with Crippen molar-refractivity contribution in [3.05, 3.63) is 30.3 Å². The Hall–Kier alpha value is -2.37. The standard InChI is InChI=1S/C23H36N2O4/c1-15(2)18(21(27)24-17-12-10-9-11-13-17)14-19(26)20(16(3)4)25(8)22(28)29-23(5,6)7/h9-13,15-16,18,20H,14H2,1-8H3,(H,24,27)/t18-,20-/m0/s1. The van der Waals surface area contributed by atoms with Crippen molar-refractivity contribution in [1.82, 2.24) is 4.90 Å². The number of anilines is 1. The molecule has 0 aliphatic heterocycles. The van der Waals surface area contributed by atoms with Gasteiger partial charge in [-0.15, -0.1) is 0 Å². The van der Waals surface area contributed by atoms with Crippen molar-refractivity contribution < 1.29 is 19.1 Å². The lowest BCUT2D eigenvalue weighted by Gasteiger charge is -2.33. The number of hydrogen-bond acceptors (Lipinski definition) is 4. The van der Waals surface area contributed by atoms with Gasteiger partial charge in [0.05, 0.1) is 6.04 Å². The van der Waals surface area contributed by atoms with Crippen LogP contribution in [0.4, 0.5) is 10.5 Å². The first-order valence-electron chi connectivity index (χ1n) is 10.2. The summed E-state index contributed by atoms with van der Waals surface area (Å²) in [5.41, 5.74) is 0.0493. The van der Waals surface area contributed by atoms with Crippen LogP contribution in [0.2, 0.25) is 0 Å². The molecular weight excluding hydrogens is 368 g/mol. The van der Waals surface area contributed by atoms with E-state index in [0.717, 1.165) is 0 Å². The maximum atomic E-state index is 13.1. The number of carbonyl (C=O) groups excluding carboxylic acids is 3. The Balaban J connectivity index is 2.94. The number of ketones is 1. The molecule has 0 bridgehead atoms. The molecule has 0 spiro atoms. The molecule has 1 aromatic carbocycles. The van der Waals surface area contributed by atoms with Crippen LogP contribution in [-0.2, 0) is 14.3 Å². The summed E-state index contributed by atoms with van der Waals surface area (Å²) < 4.78 is 5.42. The number of hydrogen-bond donors (Lipinski definition) is 1. The van der Waals surface area contributed by atoms with Crippen molar-refractivity contribution in [2.75, 3.05) is 12.4 Å². The molecule has 0 aromatic heterocycles. The zero-order valence-electron chi connectivity index (χ0n) is 19.0. The number of amides is 2. The maximum Gasteiger partial charge on any atom is 0.410 e. The highest BCUT2D eigenvalue weighted by atomic mass is 16.6. The second-order valence-corrected chi connectivity index (χ2v) is 9.16. The molecule has 0 saturated carbocycles. The quantitative estimate of drug-likeness (QED) is 0.678. The molecule has 0 fully saturated rings. The number of ether oxygens (including phenoxy) is 1. The second-order valence-electron chi connectivity index (χ2n) is 9.16. The number of para-hydroxylation sites is 1. The third-order valence-corrected chi connectivity index (χ3v) is 4.66. The van der Waals surface area contributed by atoms with E-state index in [4.69, 9.17) is 4.74 Å². The van der Waals surface area contributed by atoms with E-state index in [9.17, 15) is 14.4 Å². The summed E-state index contributed by atoms with van der Waals surface area (Å²) >= 11 is 0. The summed E-state index contributed by atoms with van der Waals surface area (Å²) in [4.78, 5) is 39.8. The highest BCUT2D eigenvalue weighted by molar-refractivity contribution is 5.97. The fourth-order valence-electron chi connectivity index (χ4n) is 3.21. The fraction of sp³-hybridized carbons (Fsp3) is 0.609. The smallest absolute Gasteiger partial charge is 0.410 e. The molecule has 1 rings (SSSR count). The van der Waals surface area contributed by atoms with Gasteiger partial charge in [0.25, 0.3) is 0 Å². The van der Waals surface area contributed by atoms with Crippen molar-refractivity contribution in [3.8, 4) is 0 Å². The maximum absolute atomic E-state index is 13.1. The molecule has 29 heavy (non-hydrogen) atoms. The third-order valence-electron chi connectivity index (χ3n) is 4.66. The highest BCUT2D eigenvalue weighted by Crippen LogP contribution is 2.23. The summed E-state index contributed by atoms with van der Waals surface area (Å²) in [7, 11) is 1.57. The summed E-state index contributed by atoms with van der Waals surface area (Å²) in [6.45, 7) is 13.0. The zero-order chi connectivity index (χ0) is 22.4. The van der Waals surface area contributed by atoms with Gasteiger partial charge in [0.15, 0.2) is 5.78 Å². The zero-order valence-corrected chi connectivity index (χ0v) is 19.0. The fourth-order valence-corrected chi connectivity index (χ4v) is 3.21. The summed E-state index contributed by atoms with van der Waals surface area (Å²) in [5, 5.41) is 2.88. The van der Waals surface area contributed by atoms with Gasteiger partial charge in [0.1, 0.15) is 5.60 Å². The van der Waals surface area contributed by atoms with Crippen molar-refractivity contribution >= 4 is 23.5 Å². The number of nitrogens with zero attached hydrogens (tertiary/aromatic N) is 1. The lowest BCUT2D eigenvalue weighted by Crippen LogP contribution is -2.48. The molecule has 6 heteroatoms. The van der Waals surface area contributed by atoms with Crippen LogP contribution >= 0.6 is 0 Å². The first-order valence-corrected chi connectivity index (χ1v) is 10.2. The van der Waals surface area contributed by atoms with Crippen LogP contribution in [0.15, 0.2) is 30.3 Å². The van der Waals surface area contributed by atoms with Crippen molar-refractivity contribution in [2.24, 2.45) is 17.8 Å². The predicted octanol–water partition coefficient (Wildman–Crippen LogP) is 4.75. The first-order chi connectivity index (χ1) is 13.3. The van der Waals surface area contributed by atoms with Crippen LogP contribution in [-0.4, -0.2) is 41.4 Å². The molecule has 1 aromatic rings. The van der Waals surface area contributed by atoms with E-state index in [1.807, 2.05) is 58.0 Å². The number of nitrogens with one attached hydrogen (secondary N) is 1. The number of carbonyl (C=O) groups is 3. The van der Waals surface area contributed by atoms with Crippen LogP contribution in [0.5, 0.6) is 0 Å². The van der Waals surface area contributed by atoms with E-state index in [1.54, 1.807) is 27.8 Å². The minimum atomic E-state index is -0.657. The van der Waals surface area contributed by atoms with Crippen molar-refractivity contribution in [3.63, 3.8) is 0 Å². The van der Waals surface area contributed by atoms with E-state index in [2.05, 4.69) is 5.32 Å². The lowest BCUT2D eigenvalue weighted by atomic mass is 9.85. The Morgan fingerprint density at radius 2 is 1.55 bits per heavy atom. The first kappa shape index (κ1) is 24.7. The van der Waals surface area contributed by atoms with E-state index >= 15 is 0 Å². The molecule has 0 radical (unpaired) electrons. The molecule has 0 aliphatic rings. The summed E-state index contributed by atoms with van der Waals surface area (Å²) in [6, 6.07) is 8.52. The van der Waals surface area contributed by atoms with Gasteiger partial charge in [-0.1, -0.05) is 45.9 Å². The normalized spacial score (nSPS) is 13.7. The summed E-state index contributed by atoms with van der Waals surface area (Å²) in [5.74, 6) is -0.958. The summed E-state index contributed by atoms with van der Waals surface area (Å²) in [6.07, 6.45) is -0.480. The van der Waals surface area contributed by atoms with Crippen LogP contribution in [0.3, 0.4) is 0 Å². The molecule has 6 nitrogen and oxygen atoms in total. The molecule has 0 aliphatic carbocycles. The molecular formula is C23H36N2O4. The van der Waals surface area contributed by atoms with Crippen LogP contribution < -0.4 is 5.32 Å². The van der Waals surface area contributed by atoms with E-state index in [0.29, 0.717) is 5.69 Å². The van der Waals surface area contributed by atoms with Crippen LogP contribution in [0, 0.1) is 17.8 Å². The Kier molecular flexibility index (Phi) is 8.86. The second kappa shape index (κ2) is 10.4. The predicted molar refractivity (Wildman–Crippen MR) is 116 cm³/mol. The van der Waals surface area contributed by atoms with Gasteiger partial charge in [0, 0.05) is 25.1 Å². The molecule has 162 valence electrons. The third kappa shape index (κ3) is 7.87. The van der Waals surface area contributed by atoms with Gasteiger partial charge in [0.2, 0.25) is 5.91 Å². The Morgan fingerprint density at radius 3 is 2.00 bits per heavy atom. The number of likely N-dealkylation sites (N-methyl/N-ethyl adjacent to an activating group) is 1. The van der Waals surface area contributed by atoms with Crippen molar-refractivity contribution in [2.45, 2.75) is 66.5 Å². The van der Waals surface area contributed by atoms with Crippen LogP contribution in [0.1, 0.15) is 54.9 Å². The number of rotatable bonds is 8. The largest absolute Gasteiger partial charge is 0.444 e. The minimum absolute atomic E-state index is 0.0256. The van der Waals surface area contributed by atoms with Gasteiger partial charge in [-0.05, 0) is 44.7 Å². The SMILES string of the molecule is CC(C)[C@H](CC(=O)[C@H](C(C)C)N(C)C(=O)OC(C)(C)C)C(=O)Nc1ccccc1. The Bertz CT molecular complexity index is 693. The lowest BCUT2D eigenvalue weighted by molar-refractivity contribution is -0.131. The average molecular weight is 405 g/mol. The van der Waals surface area contributed by atoms with E-state index in [-0.39, 0.29) is 29.9 Å². The van der Waals surface area contributed by atoms with Gasteiger partial charge < -0.3 is 15.0 Å². The molecule has 0 saturated heterocycles. The molecule has 0 heterocycles. The monoisotopic (exact) mass is 404 g/mol.